The SMILES string of the molecule is CCOC(=O)COC(=O)c1cccc2c1ccn2C. The Morgan fingerprint density at radius 1 is 1.21 bits per heavy atom. The third kappa shape index (κ3) is 2.76. The summed E-state index contributed by atoms with van der Waals surface area (Å²) in [4.78, 5) is 23.1. The zero-order chi connectivity index (χ0) is 13.8. The first-order valence-electron chi connectivity index (χ1n) is 6.00. The molecular formula is C14H15NO4. The predicted octanol–water partition coefficient (Wildman–Crippen LogP) is 1.90. The van der Waals surface area contributed by atoms with Gasteiger partial charge in [0.15, 0.2) is 6.61 Å². The van der Waals surface area contributed by atoms with E-state index in [-0.39, 0.29) is 13.2 Å². The molecule has 2 rings (SSSR count). The second-order valence-corrected chi connectivity index (χ2v) is 4.05. The number of carbonyl (C=O) groups is 2. The Kier molecular flexibility index (Phi) is 3.85. The normalized spacial score (nSPS) is 10.4. The molecular weight excluding hydrogens is 246 g/mol. The Balaban J connectivity index is 2.15. The molecule has 0 atom stereocenters. The molecule has 0 saturated carbocycles. The lowest BCUT2D eigenvalue weighted by molar-refractivity contribution is -0.146. The molecule has 0 aliphatic rings. The summed E-state index contributed by atoms with van der Waals surface area (Å²) in [5.41, 5.74) is 1.38. The number of ether oxygens (including phenoxy) is 2. The molecule has 0 aliphatic carbocycles. The molecule has 5 heteroatoms. The van der Waals surface area contributed by atoms with Crippen molar-refractivity contribution < 1.29 is 19.1 Å². The quantitative estimate of drug-likeness (QED) is 0.789. The van der Waals surface area contributed by atoms with Gasteiger partial charge in [-0.2, -0.15) is 0 Å². The van der Waals surface area contributed by atoms with Crippen LogP contribution in [0.4, 0.5) is 0 Å². The van der Waals surface area contributed by atoms with Crippen LogP contribution in [0.1, 0.15) is 17.3 Å². The van der Waals surface area contributed by atoms with Gasteiger partial charge in [-0.1, -0.05) is 6.07 Å². The van der Waals surface area contributed by atoms with E-state index in [9.17, 15) is 9.59 Å². The molecule has 0 saturated heterocycles. The van der Waals surface area contributed by atoms with Gasteiger partial charge >= 0.3 is 11.9 Å². The molecule has 5 nitrogen and oxygen atoms in total. The molecule has 1 heterocycles. The molecule has 2 aromatic rings. The largest absolute Gasteiger partial charge is 0.463 e. The molecule has 0 radical (unpaired) electrons. The summed E-state index contributed by atoms with van der Waals surface area (Å²) in [7, 11) is 1.90. The number of carbonyl (C=O) groups excluding carboxylic acids is 2. The molecule has 1 aromatic heterocycles. The molecule has 1 aromatic carbocycles. The summed E-state index contributed by atoms with van der Waals surface area (Å²) in [5.74, 6) is -1.07. The first-order valence-corrected chi connectivity index (χ1v) is 6.00. The fourth-order valence-corrected chi connectivity index (χ4v) is 1.89. The molecule has 100 valence electrons. The van der Waals surface area contributed by atoms with Gasteiger partial charge in [0.05, 0.1) is 12.2 Å². The molecule has 0 fully saturated rings. The Labute approximate surface area is 110 Å². The standard InChI is InChI=1S/C14H15NO4/c1-3-18-13(16)9-19-14(17)11-5-4-6-12-10(11)7-8-15(12)2/h4-8H,3,9H2,1-2H3. The fourth-order valence-electron chi connectivity index (χ4n) is 1.89. The maximum atomic E-state index is 11.9. The summed E-state index contributed by atoms with van der Waals surface area (Å²) in [6.45, 7) is 1.60. The minimum Gasteiger partial charge on any atom is -0.463 e. The molecule has 0 N–H and O–H groups in total. The van der Waals surface area contributed by atoms with E-state index in [4.69, 9.17) is 9.47 Å². The number of esters is 2. The lowest BCUT2D eigenvalue weighted by Gasteiger charge is -2.06. The molecule has 0 spiro atoms. The first-order chi connectivity index (χ1) is 9.13. The van der Waals surface area contributed by atoms with Crippen LogP contribution in [0.25, 0.3) is 10.9 Å². The number of aryl methyl sites for hydroxylation is 1. The van der Waals surface area contributed by atoms with Gasteiger partial charge < -0.3 is 14.0 Å². The fraction of sp³-hybridized carbons (Fsp3) is 0.286. The van der Waals surface area contributed by atoms with Crippen LogP contribution >= 0.6 is 0 Å². The van der Waals surface area contributed by atoms with E-state index in [0.29, 0.717) is 5.56 Å². The van der Waals surface area contributed by atoms with Gasteiger partial charge in [0.25, 0.3) is 0 Å². The Morgan fingerprint density at radius 2 is 2.00 bits per heavy atom. The first kappa shape index (κ1) is 13.1. The second-order valence-electron chi connectivity index (χ2n) is 4.05. The van der Waals surface area contributed by atoms with E-state index in [1.807, 2.05) is 29.9 Å². The number of benzene rings is 1. The second kappa shape index (κ2) is 5.56. The van der Waals surface area contributed by atoms with Crippen LogP contribution in [0.15, 0.2) is 30.5 Å². The summed E-state index contributed by atoms with van der Waals surface area (Å²) in [6, 6.07) is 7.22. The number of aromatic nitrogens is 1. The van der Waals surface area contributed by atoms with E-state index < -0.39 is 11.9 Å². The number of rotatable bonds is 4. The highest BCUT2D eigenvalue weighted by atomic mass is 16.6. The summed E-state index contributed by atoms with van der Waals surface area (Å²) < 4.78 is 11.6. The van der Waals surface area contributed by atoms with Crippen LogP contribution in [-0.2, 0) is 21.3 Å². The van der Waals surface area contributed by atoms with Crippen LogP contribution in [0.3, 0.4) is 0 Å². The van der Waals surface area contributed by atoms with Crippen LogP contribution < -0.4 is 0 Å². The molecule has 0 amide bonds. The van der Waals surface area contributed by atoms with Gasteiger partial charge in [-0.15, -0.1) is 0 Å². The highest BCUT2D eigenvalue weighted by Gasteiger charge is 2.14. The van der Waals surface area contributed by atoms with Crippen molar-refractivity contribution in [1.82, 2.24) is 4.57 Å². The van der Waals surface area contributed by atoms with Crippen LogP contribution in [0.2, 0.25) is 0 Å². The van der Waals surface area contributed by atoms with Gasteiger partial charge in [0.1, 0.15) is 0 Å². The Hall–Kier alpha value is -2.30. The van der Waals surface area contributed by atoms with Gasteiger partial charge in [0, 0.05) is 24.1 Å². The smallest absolute Gasteiger partial charge is 0.344 e. The van der Waals surface area contributed by atoms with E-state index >= 15 is 0 Å². The van der Waals surface area contributed by atoms with Crippen LogP contribution in [0, 0.1) is 0 Å². The Bertz CT molecular complexity index is 615. The van der Waals surface area contributed by atoms with E-state index in [0.717, 1.165) is 10.9 Å². The highest BCUT2D eigenvalue weighted by Crippen LogP contribution is 2.20. The van der Waals surface area contributed by atoms with Crippen LogP contribution in [-0.4, -0.2) is 29.7 Å². The monoisotopic (exact) mass is 261 g/mol. The minimum atomic E-state index is -0.545. The number of nitrogens with zero attached hydrogens (tertiary/aromatic N) is 1. The highest BCUT2D eigenvalue weighted by molar-refractivity contribution is 6.04. The summed E-state index contributed by atoms with van der Waals surface area (Å²) >= 11 is 0. The van der Waals surface area contributed by atoms with E-state index in [1.165, 1.54) is 0 Å². The van der Waals surface area contributed by atoms with Crippen molar-refractivity contribution in [2.75, 3.05) is 13.2 Å². The zero-order valence-electron chi connectivity index (χ0n) is 10.9. The van der Waals surface area contributed by atoms with Gasteiger partial charge in [-0.05, 0) is 25.1 Å². The van der Waals surface area contributed by atoms with Crippen molar-refractivity contribution in [2.24, 2.45) is 7.05 Å². The van der Waals surface area contributed by atoms with Crippen molar-refractivity contribution >= 4 is 22.8 Å². The molecule has 19 heavy (non-hydrogen) atoms. The molecule has 0 unspecified atom stereocenters. The van der Waals surface area contributed by atoms with Crippen molar-refractivity contribution in [3.05, 3.63) is 36.0 Å². The van der Waals surface area contributed by atoms with E-state index in [1.54, 1.807) is 19.1 Å². The number of hydrogen-bond donors (Lipinski definition) is 0. The van der Waals surface area contributed by atoms with Gasteiger partial charge in [-0.25, -0.2) is 9.59 Å². The van der Waals surface area contributed by atoms with Crippen LogP contribution in [0.5, 0.6) is 0 Å². The zero-order valence-corrected chi connectivity index (χ0v) is 10.9. The lowest BCUT2D eigenvalue weighted by atomic mass is 10.1. The number of hydrogen-bond acceptors (Lipinski definition) is 4. The van der Waals surface area contributed by atoms with Crippen molar-refractivity contribution in [3.63, 3.8) is 0 Å². The number of fused-ring (bicyclic) bond motifs is 1. The van der Waals surface area contributed by atoms with Crippen molar-refractivity contribution in [3.8, 4) is 0 Å². The van der Waals surface area contributed by atoms with E-state index in [2.05, 4.69) is 0 Å². The Morgan fingerprint density at radius 3 is 2.74 bits per heavy atom. The minimum absolute atomic E-state index is 0.269. The molecule has 0 bridgehead atoms. The predicted molar refractivity (Wildman–Crippen MR) is 69.8 cm³/mol. The summed E-state index contributed by atoms with van der Waals surface area (Å²) in [6.07, 6.45) is 1.87. The average molecular weight is 261 g/mol. The topological polar surface area (TPSA) is 57.5 Å². The lowest BCUT2D eigenvalue weighted by Crippen LogP contribution is -2.16. The van der Waals surface area contributed by atoms with Crippen molar-refractivity contribution in [2.45, 2.75) is 6.92 Å². The maximum Gasteiger partial charge on any atom is 0.344 e. The average Bonchev–Trinajstić information content (AvgIpc) is 2.78. The maximum absolute atomic E-state index is 11.9. The summed E-state index contributed by atoms with van der Waals surface area (Å²) in [5, 5.41) is 0.804. The third-order valence-electron chi connectivity index (χ3n) is 2.77. The van der Waals surface area contributed by atoms with Gasteiger partial charge in [-0.3, -0.25) is 0 Å². The molecule has 0 aliphatic heterocycles. The third-order valence-corrected chi connectivity index (χ3v) is 2.77. The van der Waals surface area contributed by atoms with Gasteiger partial charge in [0.2, 0.25) is 0 Å². The van der Waals surface area contributed by atoms with Crippen molar-refractivity contribution in [1.29, 1.82) is 0 Å².